The minimum absolute atomic E-state index is 0.286. The summed E-state index contributed by atoms with van der Waals surface area (Å²) < 4.78 is 15.0. The van der Waals surface area contributed by atoms with Gasteiger partial charge in [0, 0.05) is 41.9 Å². The second-order valence-corrected chi connectivity index (χ2v) is 7.36. The van der Waals surface area contributed by atoms with Gasteiger partial charge >= 0.3 is 6.03 Å². The first-order valence-corrected chi connectivity index (χ1v) is 9.86. The van der Waals surface area contributed by atoms with E-state index in [1.165, 1.54) is 23.1 Å². The zero-order valence-electron chi connectivity index (χ0n) is 16.9. The summed E-state index contributed by atoms with van der Waals surface area (Å²) in [6, 6.07) is 13.6. The molecular weight excluding hydrogens is 381 g/mol. The van der Waals surface area contributed by atoms with Crippen LogP contribution in [0.4, 0.5) is 9.18 Å². The van der Waals surface area contributed by atoms with E-state index in [0.29, 0.717) is 6.54 Å². The molecule has 2 amide bonds. The highest BCUT2D eigenvalue weighted by atomic mass is 19.1. The fraction of sp³-hybridized carbons (Fsp3) is 0.217. The molecule has 3 N–H and O–H groups in total. The maximum atomic E-state index is 13.3. The maximum Gasteiger partial charge on any atom is 0.315 e. The number of nitrogens with one attached hydrogen (secondary N) is 3. The van der Waals surface area contributed by atoms with E-state index in [0.717, 1.165) is 28.8 Å². The molecule has 2 aromatic heterocycles. The van der Waals surface area contributed by atoms with Crippen molar-refractivity contribution in [1.29, 1.82) is 0 Å². The SMILES string of the molecule is Cc1[nH]c2ccccc2c1CCNC(=O)NC(c1ccc(F)cc1)c1cnn(C)c1. The molecule has 4 aromatic rings. The number of rotatable bonds is 6. The maximum absolute atomic E-state index is 13.3. The van der Waals surface area contributed by atoms with Crippen LogP contribution >= 0.6 is 0 Å². The van der Waals surface area contributed by atoms with Crippen LogP contribution in [0.1, 0.15) is 28.4 Å². The van der Waals surface area contributed by atoms with E-state index in [-0.39, 0.29) is 11.8 Å². The number of fused-ring (bicyclic) bond motifs is 1. The first-order chi connectivity index (χ1) is 14.5. The molecule has 1 atom stereocenters. The average molecular weight is 405 g/mol. The molecule has 0 saturated heterocycles. The van der Waals surface area contributed by atoms with Crippen molar-refractivity contribution in [2.75, 3.05) is 6.54 Å². The van der Waals surface area contributed by atoms with E-state index >= 15 is 0 Å². The van der Waals surface area contributed by atoms with Gasteiger partial charge in [-0.15, -0.1) is 0 Å². The monoisotopic (exact) mass is 405 g/mol. The number of aromatic amines is 1. The Kier molecular flexibility index (Phi) is 5.52. The molecule has 6 nitrogen and oxygen atoms in total. The molecule has 0 radical (unpaired) electrons. The topological polar surface area (TPSA) is 74.7 Å². The Morgan fingerprint density at radius 3 is 2.67 bits per heavy atom. The second-order valence-electron chi connectivity index (χ2n) is 7.36. The molecule has 0 saturated carbocycles. The zero-order chi connectivity index (χ0) is 21.1. The van der Waals surface area contributed by atoms with E-state index < -0.39 is 6.04 Å². The molecule has 30 heavy (non-hydrogen) atoms. The molecule has 7 heteroatoms. The Bertz CT molecular complexity index is 1160. The van der Waals surface area contributed by atoms with Crippen LogP contribution in [-0.2, 0) is 13.5 Å². The van der Waals surface area contributed by atoms with Gasteiger partial charge in [0.15, 0.2) is 0 Å². The number of hydrogen-bond acceptors (Lipinski definition) is 2. The number of urea groups is 1. The quantitative estimate of drug-likeness (QED) is 0.454. The third-order valence-electron chi connectivity index (χ3n) is 5.22. The summed E-state index contributed by atoms with van der Waals surface area (Å²) in [4.78, 5) is 16.0. The third-order valence-corrected chi connectivity index (χ3v) is 5.22. The summed E-state index contributed by atoms with van der Waals surface area (Å²) >= 11 is 0. The van der Waals surface area contributed by atoms with E-state index in [9.17, 15) is 9.18 Å². The normalized spacial score (nSPS) is 12.1. The van der Waals surface area contributed by atoms with Gasteiger partial charge in [0.1, 0.15) is 5.82 Å². The summed E-state index contributed by atoms with van der Waals surface area (Å²) in [6.07, 6.45) is 4.25. The number of carbonyl (C=O) groups is 1. The van der Waals surface area contributed by atoms with Crippen molar-refractivity contribution in [2.45, 2.75) is 19.4 Å². The third kappa shape index (κ3) is 4.20. The van der Waals surface area contributed by atoms with Gasteiger partial charge in [-0.05, 0) is 42.7 Å². The van der Waals surface area contributed by atoms with E-state index in [2.05, 4.69) is 26.8 Å². The first kappa shape index (κ1) is 19.7. The van der Waals surface area contributed by atoms with Crippen molar-refractivity contribution in [3.63, 3.8) is 0 Å². The van der Waals surface area contributed by atoms with Crippen LogP contribution in [-0.4, -0.2) is 27.3 Å². The number of amides is 2. The lowest BCUT2D eigenvalue weighted by atomic mass is 10.0. The largest absolute Gasteiger partial charge is 0.358 e. The highest BCUT2D eigenvalue weighted by molar-refractivity contribution is 5.84. The lowest BCUT2D eigenvalue weighted by Crippen LogP contribution is -2.39. The number of H-pyrrole nitrogens is 1. The van der Waals surface area contributed by atoms with Crippen LogP contribution in [0.5, 0.6) is 0 Å². The molecule has 1 unspecified atom stereocenters. The van der Waals surface area contributed by atoms with E-state index in [1.54, 1.807) is 23.0 Å². The van der Waals surface area contributed by atoms with Gasteiger partial charge in [0.05, 0.1) is 12.2 Å². The lowest BCUT2D eigenvalue weighted by molar-refractivity contribution is 0.239. The van der Waals surface area contributed by atoms with Gasteiger partial charge in [-0.1, -0.05) is 30.3 Å². The van der Waals surface area contributed by atoms with Crippen molar-refractivity contribution in [3.8, 4) is 0 Å². The standard InChI is InChI=1S/C23H24FN5O/c1-15-19(20-5-3-4-6-21(20)27-15)11-12-25-23(30)28-22(17-13-26-29(2)14-17)16-7-9-18(24)10-8-16/h3-10,13-14,22,27H,11-12H2,1-2H3,(H2,25,28,30). The summed E-state index contributed by atoms with van der Waals surface area (Å²) in [5.41, 5.74) is 5.02. The smallest absolute Gasteiger partial charge is 0.315 e. The van der Waals surface area contributed by atoms with Crippen LogP contribution in [0.15, 0.2) is 60.9 Å². The highest BCUT2D eigenvalue weighted by Crippen LogP contribution is 2.23. The van der Waals surface area contributed by atoms with Crippen molar-refractivity contribution < 1.29 is 9.18 Å². The fourth-order valence-corrected chi connectivity index (χ4v) is 3.74. The zero-order valence-corrected chi connectivity index (χ0v) is 16.9. The van der Waals surface area contributed by atoms with E-state index in [4.69, 9.17) is 0 Å². The van der Waals surface area contributed by atoms with E-state index in [1.807, 2.05) is 38.4 Å². The van der Waals surface area contributed by atoms with Crippen molar-refractivity contribution in [2.24, 2.45) is 7.05 Å². The number of aromatic nitrogens is 3. The molecule has 0 spiro atoms. The lowest BCUT2D eigenvalue weighted by Gasteiger charge is -2.18. The van der Waals surface area contributed by atoms with Gasteiger partial charge in [-0.2, -0.15) is 5.10 Å². The molecule has 0 fully saturated rings. The van der Waals surface area contributed by atoms with Crippen LogP contribution in [0.2, 0.25) is 0 Å². The number of aryl methyl sites for hydroxylation is 2. The van der Waals surface area contributed by atoms with Crippen molar-refractivity contribution in [3.05, 3.63) is 89.1 Å². The number of carbonyl (C=O) groups excluding carboxylic acids is 1. The molecule has 0 bridgehead atoms. The Morgan fingerprint density at radius 1 is 1.17 bits per heavy atom. The predicted octanol–water partition coefficient (Wildman–Crippen LogP) is 3.98. The number of halogens is 1. The van der Waals surface area contributed by atoms with Gasteiger partial charge in [0.2, 0.25) is 0 Å². The van der Waals surface area contributed by atoms with Gasteiger partial charge in [-0.3, -0.25) is 4.68 Å². The minimum atomic E-state index is -0.422. The number of hydrogen-bond donors (Lipinski definition) is 3. The number of para-hydroxylation sites is 1. The number of nitrogens with zero attached hydrogens (tertiary/aromatic N) is 2. The molecule has 2 aromatic carbocycles. The Labute approximate surface area is 174 Å². The summed E-state index contributed by atoms with van der Waals surface area (Å²) in [5.74, 6) is -0.317. The molecule has 0 aliphatic carbocycles. The highest BCUT2D eigenvalue weighted by Gasteiger charge is 2.18. The summed E-state index contributed by atoms with van der Waals surface area (Å²) in [5, 5.41) is 11.3. The average Bonchev–Trinajstić information content (AvgIpc) is 3.30. The van der Waals surface area contributed by atoms with Crippen molar-refractivity contribution >= 4 is 16.9 Å². The van der Waals surface area contributed by atoms with Crippen molar-refractivity contribution in [1.82, 2.24) is 25.4 Å². The summed E-state index contributed by atoms with van der Waals surface area (Å²) in [7, 11) is 1.81. The molecule has 154 valence electrons. The van der Waals surface area contributed by atoms with Gasteiger partial charge < -0.3 is 15.6 Å². The molecule has 0 aliphatic rings. The van der Waals surface area contributed by atoms with Crippen LogP contribution in [0.25, 0.3) is 10.9 Å². The molecule has 2 heterocycles. The molecule has 0 aliphatic heterocycles. The first-order valence-electron chi connectivity index (χ1n) is 9.86. The minimum Gasteiger partial charge on any atom is -0.358 e. The number of benzene rings is 2. The molecular formula is C23H24FN5O. The fourth-order valence-electron chi connectivity index (χ4n) is 3.74. The van der Waals surface area contributed by atoms with Gasteiger partial charge in [-0.25, -0.2) is 9.18 Å². The Hall–Kier alpha value is -3.61. The van der Waals surface area contributed by atoms with Gasteiger partial charge in [0.25, 0.3) is 0 Å². The van der Waals surface area contributed by atoms with Crippen LogP contribution in [0, 0.1) is 12.7 Å². The Morgan fingerprint density at radius 2 is 1.93 bits per heavy atom. The Balaban J connectivity index is 1.44. The predicted molar refractivity (Wildman–Crippen MR) is 115 cm³/mol. The van der Waals surface area contributed by atoms with Crippen LogP contribution in [0.3, 0.4) is 0 Å². The van der Waals surface area contributed by atoms with Crippen LogP contribution < -0.4 is 10.6 Å². The summed E-state index contributed by atoms with van der Waals surface area (Å²) in [6.45, 7) is 2.54. The molecule has 4 rings (SSSR count). The second kappa shape index (κ2) is 8.41.